The van der Waals surface area contributed by atoms with E-state index in [0.717, 1.165) is 37.7 Å². The molecule has 0 aliphatic heterocycles. The molecule has 1 aromatic rings. The zero-order chi connectivity index (χ0) is 12.0. The van der Waals surface area contributed by atoms with Gasteiger partial charge < -0.3 is 9.73 Å². The Kier molecular flexibility index (Phi) is 5.56. The van der Waals surface area contributed by atoms with Gasteiger partial charge in [0.1, 0.15) is 11.5 Å². The molecule has 1 aromatic heterocycles. The van der Waals surface area contributed by atoms with Gasteiger partial charge >= 0.3 is 0 Å². The largest absolute Gasteiger partial charge is 0.463 e. The molecule has 0 aliphatic rings. The molecule has 0 saturated heterocycles. The zero-order valence-corrected chi connectivity index (χ0v) is 10.9. The summed E-state index contributed by atoms with van der Waals surface area (Å²) in [6.07, 6.45) is 0. The van der Waals surface area contributed by atoms with E-state index in [9.17, 15) is 0 Å². The van der Waals surface area contributed by atoms with Gasteiger partial charge in [-0.25, -0.2) is 0 Å². The van der Waals surface area contributed by atoms with E-state index in [1.54, 1.807) is 0 Å². The summed E-state index contributed by atoms with van der Waals surface area (Å²) in [5.41, 5.74) is 0. The van der Waals surface area contributed by atoms with Crippen LogP contribution in [0.15, 0.2) is 16.5 Å². The molecule has 0 spiro atoms. The van der Waals surface area contributed by atoms with Gasteiger partial charge in [0.25, 0.3) is 0 Å². The summed E-state index contributed by atoms with van der Waals surface area (Å²) in [6.45, 7) is 12.5. The third-order valence-corrected chi connectivity index (χ3v) is 2.76. The molecule has 1 heterocycles. The Bertz CT molecular complexity index is 294. The minimum Gasteiger partial charge on any atom is -0.463 e. The van der Waals surface area contributed by atoms with Crippen LogP contribution in [0.5, 0.6) is 0 Å². The molecule has 3 heteroatoms. The van der Waals surface area contributed by atoms with Gasteiger partial charge in [0.15, 0.2) is 0 Å². The smallest absolute Gasteiger partial charge is 0.118 e. The summed E-state index contributed by atoms with van der Waals surface area (Å²) in [5, 5.41) is 3.26. The fourth-order valence-corrected chi connectivity index (χ4v) is 1.71. The summed E-state index contributed by atoms with van der Waals surface area (Å²) in [6, 6.07) is 4.71. The van der Waals surface area contributed by atoms with E-state index >= 15 is 0 Å². The maximum atomic E-state index is 5.76. The zero-order valence-electron chi connectivity index (χ0n) is 10.9. The molecule has 1 N–H and O–H groups in total. The van der Waals surface area contributed by atoms with E-state index in [4.69, 9.17) is 4.42 Å². The quantitative estimate of drug-likeness (QED) is 0.771. The Hall–Kier alpha value is -0.800. The monoisotopic (exact) mass is 224 g/mol. The first kappa shape index (κ1) is 13.3. The van der Waals surface area contributed by atoms with Crippen LogP contribution < -0.4 is 5.32 Å². The lowest BCUT2D eigenvalue weighted by Gasteiger charge is -2.23. The highest BCUT2D eigenvalue weighted by atomic mass is 16.3. The Morgan fingerprint density at radius 3 is 2.50 bits per heavy atom. The van der Waals surface area contributed by atoms with Gasteiger partial charge in [-0.1, -0.05) is 13.8 Å². The van der Waals surface area contributed by atoms with Crippen LogP contribution in [-0.4, -0.2) is 24.0 Å². The van der Waals surface area contributed by atoms with Crippen LogP contribution in [0.25, 0.3) is 0 Å². The molecule has 16 heavy (non-hydrogen) atoms. The predicted molar refractivity (Wildman–Crippen MR) is 67.3 cm³/mol. The van der Waals surface area contributed by atoms with Crippen molar-refractivity contribution in [3.05, 3.63) is 23.7 Å². The Balaban J connectivity index is 2.50. The van der Waals surface area contributed by atoms with Gasteiger partial charge in [-0.2, -0.15) is 0 Å². The lowest BCUT2D eigenvalue weighted by Crippen LogP contribution is -2.29. The second kappa shape index (κ2) is 6.71. The topological polar surface area (TPSA) is 28.4 Å². The molecule has 0 radical (unpaired) electrons. The maximum Gasteiger partial charge on any atom is 0.118 e. The SMILES string of the molecule is CCNCc1ccc(CN(CC)C(C)C)o1. The molecule has 92 valence electrons. The summed E-state index contributed by atoms with van der Waals surface area (Å²) in [7, 11) is 0. The molecule has 0 bridgehead atoms. The number of nitrogens with zero attached hydrogens (tertiary/aromatic N) is 1. The van der Waals surface area contributed by atoms with E-state index in [1.165, 1.54) is 0 Å². The van der Waals surface area contributed by atoms with E-state index in [0.29, 0.717) is 6.04 Å². The van der Waals surface area contributed by atoms with Crippen LogP contribution in [0.1, 0.15) is 39.2 Å². The Morgan fingerprint density at radius 2 is 1.94 bits per heavy atom. The van der Waals surface area contributed by atoms with Crippen molar-refractivity contribution in [2.24, 2.45) is 0 Å². The minimum atomic E-state index is 0.562. The Labute approximate surface area is 98.8 Å². The van der Waals surface area contributed by atoms with Crippen molar-refractivity contribution < 1.29 is 4.42 Å². The average Bonchev–Trinajstić information content (AvgIpc) is 2.70. The lowest BCUT2D eigenvalue weighted by molar-refractivity contribution is 0.205. The first-order chi connectivity index (χ1) is 7.67. The molecule has 0 unspecified atom stereocenters. The molecule has 0 amide bonds. The molecular formula is C13H24N2O. The molecule has 0 aromatic carbocycles. The van der Waals surface area contributed by atoms with Gasteiger partial charge in [0, 0.05) is 6.04 Å². The van der Waals surface area contributed by atoms with E-state index in [2.05, 4.69) is 50.0 Å². The van der Waals surface area contributed by atoms with Crippen molar-refractivity contribution in [1.82, 2.24) is 10.2 Å². The molecule has 0 fully saturated rings. The third kappa shape index (κ3) is 3.99. The minimum absolute atomic E-state index is 0.562. The number of hydrogen-bond acceptors (Lipinski definition) is 3. The second-order valence-electron chi connectivity index (χ2n) is 4.31. The predicted octanol–water partition coefficient (Wildman–Crippen LogP) is 2.62. The normalized spacial score (nSPS) is 11.6. The van der Waals surface area contributed by atoms with Gasteiger partial charge in [-0.3, -0.25) is 4.90 Å². The average molecular weight is 224 g/mol. The van der Waals surface area contributed by atoms with Crippen molar-refractivity contribution in [1.29, 1.82) is 0 Å². The highest BCUT2D eigenvalue weighted by Gasteiger charge is 2.10. The molecule has 0 saturated carbocycles. The molecule has 1 rings (SSSR count). The van der Waals surface area contributed by atoms with Crippen LogP contribution >= 0.6 is 0 Å². The summed E-state index contributed by atoms with van der Waals surface area (Å²) in [5.74, 6) is 2.08. The maximum absolute atomic E-state index is 5.76. The first-order valence-electron chi connectivity index (χ1n) is 6.19. The molecular weight excluding hydrogens is 200 g/mol. The van der Waals surface area contributed by atoms with Gasteiger partial charge in [0.05, 0.1) is 13.1 Å². The summed E-state index contributed by atoms with van der Waals surface area (Å²) < 4.78 is 5.76. The van der Waals surface area contributed by atoms with Crippen LogP contribution in [0, 0.1) is 0 Å². The molecule has 0 aliphatic carbocycles. The lowest BCUT2D eigenvalue weighted by atomic mass is 10.3. The van der Waals surface area contributed by atoms with Crippen LogP contribution in [0.4, 0.5) is 0 Å². The number of furan rings is 1. The fraction of sp³-hybridized carbons (Fsp3) is 0.692. The standard InChI is InChI=1S/C13H24N2O/c1-5-14-9-12-7-8-13(16-12)10-15(6-2)11(3)4/h7-8,11,14H,5-6,9-10H2,1-4H3. The van der Waals surface area contributed by atoms with E-state index < -0.39 is 0 Å². The summed E-state index contributed by atoms with van der Waals surface area (Å²) in [4.78, 5) is 2.38. The van der Waals surface area contributed by atoms with Crippen LogP contribution in [0.2, 0.25) is 0 Å². The molecule has 0 atom stereocenters. The fourth-order valence-electron chi connectivity index (χ4n) is 1.71. The number of nitrogens with one attached hydrogen (secondary N) is 1. The first-order valence-corrected chi connectivity index (χ1v) is 6.19. The van der Waals surface area contributed by atoms with Crippen molar-refractivity contribution in [2.75, 3.05) is 13.1 Å². The van der Waals surface area contributed by atoms with Gasteiger partial charge in [0.2, 0.25) is 0 Å². The van der Waals surface area contributed by atoms with Gasteiger partial charge in [-0.05, 0) is 39.1 Å². The van der Waals surface area contributed by atoms with Crippen molar-refractivity contribution in [3.8, 4) is 0 Å². The van der Waals surface area contributed by atoms with Gasteiger partial charge in [-0.15, -0.1) is 0 Å². The molecule has 3 nitrogen and oxygen atoms in total. The van der Waals surface area contributed by atoms with E-state index in [1.807, 2.05) is 0 Å². The third-order valence-electron chi connectivity index (χ3n) is 2.76. The Morgan fingerprint density at radius 1 is 1.25 bits per heavy atom. The van der Waals surface area contributed by atoms with Crippen LogP contribution in [-0.2, 0) is 13.1 Å². The van der Waals surface area contributed by atoms with Crippen LogP contribution in [0.3, 0.4) is 0 Å². The van der Waals surface area contributed by atoms with Crippen molar-refractivity contribution in [2.45, 2.75) is 46.8 Å². The number of rotatable bonds is 7. The van der Waals surface area contributed by atoms with Crippen molar-refractivity contribution in [3.63, 3.8) is 0 Å². The van der Waals surface area contributed by atoms with E-state index in [-0.39, 0.29) is 0 Å². The number of hydrogen-bond donors (Lipinski definition) is 1. The van der Waals surface area contributed by atoms with Crippen molar-refractivity contribution >= 4 is 0 Å². The second-order valence-corrected chi connectivity index (χ2v) is 4.31. The highest BCUT2D eigenvalue weighted by Crippen LogP contribution is 2.12. The highest BCUT2D eigenvalue weighted by molar-refractivity contribution is 5.07. The summed E-state index contributed by atoms with van der Waals surface area (Å²) >= 11 is 0.